The maximum atomic E-state index is 12.8. The van der Waals surface area contributed by atoms with Gasteiger partial charge in [-0.2, -0.15) is 20.5 Å². The van der Waals surface area contributed by atoms with E-state index in [-0.39, 0.29) is 21.4 Å². The van der Waals surface area contributed by atoms with Crippen LogP contribution in [0, 0.1) is 0 Å². The molecule has 0 bridgehead atoms. The van der Waals surface area contributed by atoms with Gasteiger partial charge in [0, 0.05) is 11.3 Å². The van der Waals surface area contributed by atoms with E-state index in [4.69, 9.17) is 0 Å². The van der Waals surface area contributed by atoms with Crippen LogP contribution in [-0.4, -0.2) is 22.7 Å². The highest BCUT2D eigenvalue weighted by Crippen LogP contribution is 2.40. The molecular weight excluding hydrogens is 388 g/mol. The molecule has 1 N–H and O–H groups in total. The normalized spacial score (nSPS) is 18.8. The van der Waals surface area contributed by atoms with Gasteiger partial charge >= 0.3 is 0 Å². The first kappa shape index (κ1) is 17.5. The van der Waals surface area contributed by atoms with Crippen LogP contribution in [0.5, 0.6) is 0 Å². The lowest BCUT2D eigenvalue weighted by molar-refractivity contribution is -0.112. The number of hydrogen-bond donors (Lipinski definition) is 1. The highest BCUT2D eigenvalue weighted by molar-refractivity contribution is 8.12. The van der Waals surface area contributed by atoms with Crippen molar-refractivity contribution in [3.63, 3.8) is 0 Å². The average Bonchev–Trinajstić information content (AvgIpc) is 3.21. The van der Waals surface area contributed by atoms with Crippen LogP contribution in [-0.2, 0) is 24.8 Å². The Morgan fingerprint density at radius 1 is 0.926 bits per heavy atom. The lowest BCUT2D eigenvalue weighted by Gasteiger charge is -2.17. The van der Waals surface area contributed by atoms with Crippen LogP contribution < -0.4 is 9.03 Å². The van der Waals surface area contributed by atoms with E-state index in [0.717, 1.165) is 0 Å². The maximum absolute atomic E-state index is 12.8. The zero-order valence-corrected chi connectivity index (χ0v) is 15.5. The summed E-state index contributed by atoms with van der Waals surface area (Å²) in [6.07, 6.45) is 5.80. The largest absolute Gasteiger partial charge is 0.322 e. The van der Waals surface area contributed by atoms with Crippen molar-refractivity contribution < 1.29 is 21.6 Å². The third-order valence-corrected chi connectivity index (χ3v) is 8.64. The number of amides is 1. The Hall–Kier alpha value is -2.91. The van der Waals surface area contributed by atoms with Crippen LogP contribution >= 0.6 is 0 Å². The summed E-state index contributed by atoms with van der Waals surface area (Å²) in [6, 6.07) is 11.2. The van der Waals surface area contributed by atoms with Gasteiger partial charge in [-0.3, -0.25) is 4.79 Å². The topological polar surface area (TPSA) is 101 Å². The first-order chi connectivity index (χ1) is 12.8. The fourth-order valence-electron chi connectivity index (χ4n) is 2.99. The van der Waals surface area contributed by atoms with E-state index >= 15 is 0 Å². The van der Waals surface area contributed by atoms with Gasteiger partial charge in [0.05, 0.1) is 5.69 Å². The minimum Gasteiger partial charge on any atom is -0.322 e. The molecule has 2 aliphatic rings. The number of fused-ring (bicyclic) bond motifs is 1. The molecule has 9 heteroatoms. The van der Waals surface area contributed by atoms with E-state index in [9.17, 15) is 21.6 Å². The average molecular weight is 402 g/mol. The quantitative estimate of drug-likeness (QED) is 0.850. The molecule has 7 nitrogen and oxygen atoms in total. The first-order valence-corrected chi connectivity index (χ1v) is 10.9. The summed E-state index contributed by atoms with van der Waals surface area (Å²) in [5, 5.41) is 2.66. The molecule has 2 aromatic carbocycles. The second kappa shape index (κ2) is 6.07. The van der Waals surface area contributed by atoms with Gasteiger partial charge < -0.3 is 5.32 Å². The van der Waals surface area contributed by atoms with Gasteiger partial charge in [0.15, 0.2) is 0 Å². The molecule has 27 heavy (non-hydrogen) atoms. The summed E-state index contributed by atoms with van der Waals surface area (Å²) in [4.78, 5) is 11.7. The third-order valence-electron chi connectivity index (χ3n) is 4.22. The number of benzene rings is 2. The summed E-state index contributed by atoms with van der Waals surface area (Å²) in [5.41, 5.74) is 0.795. The number of nitrogens with one attached hydrogen (secondary N) is 1. The lowest BCUT2D eigenvalue weighted by Crippen LogP contribution is -2.30. The van der Waals surface area contributed by atoms with Crippen molar-refractivity contribution >= 4 is 37.3 Å². The number of nitrogens with zero attached hydrogens (tertiary/aromatic N) is 1. The van der Waals surface area contributed by atoms with Gasteiger partial charge in [0.1, 0.15) is 9.79 Å². The molecule has 0 saturated carbocycles. The molecular formula is C18H14N2O5S2. The Bertz CT molecular complexity index is 1170. The highest BCUT2D eigenvalue weighted by atomic mass is 32.3. The number of carbonyl (C=O) groups is 1. The van der Waals surface area contributed by atoms with E-state index in [1.165, 1.54) is 42.5 Å². The third kappa shape index (κ3) is 2.75. The van der Waals surface area contributed by atoms with Gasteiger partial charge in [-0.15, -0.1) is 0 Å². The fourth-order valence-corrected chi connectivity index (χ4v) is 7.42. The summed E-state index contributed by atoms with van der Waals surface area (Å²) in [5.74, 6) is -0.326. The summed E-state index contributed by atoms with van der Waals surface area (Å²) in [7, 11) is -8.51. The fraction of sp³-hybridized carbons (Fsp3) is 0.0556. The second-order valence-corrected chi connectivity index (χ2v) is 9.72. The van der Waals surface area contributed by atoms with E-state index in [0.29, 0.717) is 21.4 Å². The van der Waals surface area contributed by atoms with Crippen molar-refractivity contribution in [3.05, 3.63) is 72.3 Å². The summed E-state index contributed by atoms with van der Waals surface area (Å²) >= 11 is 0. The number of allylic oxidation sites excluding steroid dienone is 3. The van der Waals surface area contributed by atoms with Crippen LogP contribution in [0.4, 0.5) is 11.4 Å². The van der Waals surface area contributed by atoms with Crippen LogP contribution in [0.1, 0.15) is 6.42 Å². The number of hydrogen-bond acceptors (Lipinski definition) is 5. The number of rotatable bonds is 3. The molecule has 1 aliphatic heterocycles. The zero-order valence-electron chi connectivity index (χ0n) is 13.9. The SMILES string of the molecule is O=C(Nc1cccc(N2S(=O)(=O)c3ccccc3S2(=O)=O)c1)C1=CC=CC1. The van der Waals surface area contributed by atoms with Gasteiger partial charge in [0.2, 0.25) is 0 Å². The standard InChI is InChI=1S/C18H14N2O5S2/c21-18(13-6-1-2-7-13)19-14-8-5-9-15(12-14)20-26(22,23)16-10-3-4-11-17(16)27(20,24)25/h1-6,8-12H,7H2,(H,19,21). The van der Waals surface area contributed by atoms with Crippen molar-refractivity contribution in [3.8, 4) is 0 Å². The molecule has 0 atom stereocenters. The minimum absolute atomic E-state index is 0.0671. The predicted octanol–water partition coefficient (Wildman–Crippen LogP) is 2.41. The zero-order chi connectivity index (χ0) is 19.2. The van der Waals surface area contributed by atoms with Crippen molar-refractivity contribution in [1.29, 1.82) is 0 Å². The van der Waals surface area contributed by atoms with Crippen molar-refractivity contribution in [2.45, 2.75) is 16.2 Å². The maximum Gasteiger partial charge on any atom is 0.279 e. The minimum atomic E-state index is -4.26. The van der Waals surface area contributed by atoms with Gasteiger partial charge in [-0.1, -0.05) is 36.4 Å². The van der Waals surface area contributed by atoms with Crippen LogP contribution in [0.2, 0.25) is 0 Å². The smallest absolute Gasteiger partial charge is 0.279 e. The molecule has 1 aliphatic carbocycles. The van der Waals surface area contributed by atoms with E-state index in [2.05, 4.69) is 5.32 Å². The first-order valence-electron chi connectivity index (χ1n) is 7.98. The monoisotopic (exact) mass is 402 g/mol. The van der Waals surface area contributed by atoms with E-state index < -0.39 is 20.0 Å². The molecule has 1 amide bonds. The Labute approximate surface area is 156 Å². The second-order valence-electron chi connectivity index (χ2n) is 5.98. The Morgan fingerprint density at radius 2 is 1.59 bits per heavy atom. The number of sulfonamides is 2. The molecule has 4 rings (SSSR count). The van der Waals surface area contributed by atoms with Crippen LogP contribution in [0.3, 0.4) is 0 Å². The molecule has 0 spiro atoms. The van der Waals surface area contributed by atoms with Crippen molar-refractivity contribution in [2.24, 2.45) is 0 Å². The van der Waals surface area contributed by atoms with Gasteiger partial charge in [-0.25, -0.2) is 0 Å². The molecule has 0 aromatic heterocycles. The summed E-state index contributed by atoms with van der Waals surface area (Å²) in [6.45, 7) is 0. The number of anilines is 2. The Kier molecular flexibility index (Phi) is 3.93. The molecule has 1 heterocycles. The van der Waals surface area contributed by atoms with E-state index in [1.807, 2.05) is 6.08 Å². The Balaban J connectivity index is 1.73. The lowest BCUT2D eigenvalue weighted by atomic mass is 10.2. The molecule has 0 radical (unpaired) electrons. The Morgan fingerprint density at radius 3 is 2.19 bits per heavy atom. The molecule has 0 unspecified atom stereocenters. The van der Waals surface area contributed by atoms with Gasteiger partial charge in [0.25, 0.3) is 26.0 Å². The predicted molar refractivity (Wildman–Crippen MR) is 100 cm³/mol. The highest BCUT2D eigenvalue weighted by Gasteiger charge is 2.47. The molecule has 0 saturated heterocycles. The van der Waals surface area contributed by atoms with Crippen molar-refractivity contribution in [1.82, 2.24) is 0 Å². The number of carbonyl (C=O) groups excluding carboxylic acids is 1. The van der Waals surface area contributed by atoms with Crippen LogP contribution in [0.15, 0.2) is 82.1 Å². The van der Waals surface area contributed by atoms with E-state index in [1.54, 1.807) is 18.2 Å². The van der Waals surface area contributed by atoms with Crippen molar-refractivity contribution in [2.75, 3.05) is 9.03 Å². The molecule has 0 fully saturated rings. The van der Waals surface area contributed by atoms with Crippen LogP contribution in [0.25, 0.3) is 0 Å². The molecule has 138 valence electrons. The molecule has 2 aromatic rings. The van der Waals surface area contributed by atoms with Gasteiger partial charge in [-0.05, 0) is 36.8 Å². The summed E-state index contributed by atoms with van der Waals surface area (Å²) < 4.78 is 51.5.